The summed E-state index contributed by atoms with van der Waals surface area (Å²) in [6.07, 6.45) is 14.2. The minimum absolute atomic E-state index is 0.148. The summed E-state index contributed by atoms with van der Waals surface area (Å²) in [5, 5.41) is 0.418. The number of halogens is 3. The lowest BCUT2D eigenvalue weighted by atomic mass is 9.93. The van der Waals surface area contributed by atoms with Gasteiger partial charge in [0.15, 0.2) is 0 Å². The van der Waals surface area contributed by atoms with E-state index in [2.05, 4.69) is 55.8 Å². The van der Waals surface area contributed by atoms with Crippen molar-refractivity contribution in [2.45, 2.75) is 93.9 Å². The van der Waals surface area contributed by atoms with Crippen LogP contribution in [-0.2, 0) is 6.42 Å². The Morgan fingerprint density at radius 2 is 1.68 bits per heavy atom. The van der Waals surface area contributed by atoms with Crippen LogP contribution in [0.15, 0.2) is 105 Å². The van der Waals surface area contributed by atoms with Crippen LogP contribution >= 0.6 is 11.6 Å². The van der Waals surface area contributed by atoms with Crippen molar-refractivity contribution in [3.05, 3.63) is 106 Å². The summed E-state index contributed by atoms with van der Waals surface area (Å²) in [5.74, 6) is -2.16. The van der Waals surface area contributed by atoms with E-state index < -0.39 is 5.92 Å². The van der Waals surface area contributed by atoms with E-state index in [9.17, 15) is 8.78 Å². The van der Waals surface area contributed by atoms with E-state index in [1.54, 1.807) is 26.8 Å². The largest absolute Gasteiger partial charge is 0.272 e. The van der Waals surface area contributed by atoms with Crippen molar-refractivity contribution in [1.82, 2.24) is 0 Å². The summed E-state index contributed by atoms with van der Waals surface area (Å²) in [6, 6.07) is 10.8. The minimum Gasteiger partial charge on any atom is -0.252 e. The van der Waals surface area contributed by atoms with Gasteiger partial charge in [0.25, 0.3) is 5.92 Å². The number of rotatable bonds is 12. The van der Waals surface area contributed by atoms with Gasteiger partial charge in [-0.05, 0) is 82.2 Å². The fourth-order valence-corrected chi connectivity index (χ4v) is 4.17. The monoisotopic (exact) mass is 543 g/mol. The third-order valence-electron chi connectivity index (χ3n) is 6.12. The van der Waals surface area contributed by atoms with Crippen molar-refractivity contribution in [1.29, 1.82) is 0 Å². The van der Waals surface area contributed by atoms with E-state index in [0.29, 0.717) is 21.9 Å². The summed E-state index contributed by atoms with van der Waals surface area (Å²) in [5.41, 5.74) is 4.21. The van der Waals surface area contributed by atoms with Crippen LogP contribution in [0.5, 0.6) is 0 Å². The molecule has 0 radical (unpaired) electrons. The van der Waals surface area contributed by atoms with Crippen LogP contribution in [0.2, 0.25) is 0 Å². The SMILES string of the molecule is C=C(C)C(/N=C(C)/C(=C\C(=C/C)C(\C)=C\C=C/C)C(C)(F)F)=C(/C)Cl.CCCC(CC)Cc1ccccc1. The first kappa shape index (κ1) is 35.5. The lowest BCUT2D eigenvalue weighted by Crippen LogP contribution is -2.20. The van der Waals surface area contributed by atoms with Crippen molar-refractivity contribution in [3.8, 4) is 0 Å². The molecule has 0 heterocycles. The molecule has 210 valence electrons. The molecular formula is C34H48ClF2N. The second-order valence-electron chi connectivity index (χ2n) is 9.68. The van der Waals surface area contributed by atoms with E-state index in [1.165, 1.54) is 37.3 Å². The Balaban J connectivity index is 0.000000875. The first-order chi connectivity index (χ1) is 17.8. The molecule has 1 aromatic carbocycles. The maximum Gasteiger partial charge on any atom is 0.272 e. The van der Waals surface area contributed by atoms with E-state index in [-0.39, 0.29) is 11.3 Å². The van der Waals surface area contributed by atoms with E-state index in [4.69, 9.17) is 11.6 Å². The molecule has 0 aliphatic rings. The van der Waals surface area contributed by atoms with Gasteiger partial charge in [-0.3, -0.25) is 4.99 Å². The van der Waals surface area contributed by atoms with Crippen LogP contribution in [0.25, 0.3) is 0 Å². The Morgan fingerprint density at radius 3 is 2.11 bits per heavy atom. The smallest absolute Gasteiger partial charge is 0.252 e. The Hall–Kier alpha value is -2.52. The first-order valence-electron chi connectivity index (χ1n) is 13.5. The second-order valence-corrected chi connectivity index (χ2v) is 10.2. The Kier molecular flexibility index (Phi) is 17.4. The normalized spacial score (nSPS) is 15.2. The van der Waals surface area contributed by atoms with Crippen LogP contribution in [0.4, 0.5) is 8.78 Å². The Morgan fingerprint density at radius 1 is 1.08 bits per heavy atom. The summed E-state index contributed by atoms with van der Waals surface area (Å²) < 4.78 is 28.4. The predicted octanol–water partition coefficient (Wildman–Crippen LogP) is 11.6. The second kappa shape index (κ2) is 18.7. The zero-order chi connectivity index (χ0) is 29.3. The number of aliphatic imine (C=N–C) groups is 1. The highest BCUT2D eigenvalue weighted by Crippen LogP contribution is 2.29. The number of benzene rings is 1. The van der Waals surface area contributed by atoms with Gasteiger partial charge in [0.2, 0.25) is 0 Å². The average Bonchev–Trinajstić information content (AvgIpc) is 2.85. The van der Waals surface area contributed by atoms with Gasteiger partial charge in [0, 0.05) is 23.2 Å². The Bertz CT molecular complexity index is 1040. The van der Waals surface area contributed by atoms with Crippen LogP contribution in [0.3, 0.4) is 0 Å². The maximum absolute atomic E-state index is 14.2. The third-order valence-corrected chi connectivity index (χ3v) is 6.30. The highest BCUT2D eigenvalue weighted by Gasteiger charge is 2.30. The molecule has 0 saturated heterocycles. The first-order valence-corrected chi connectivity index (χ1v) is 13.9. The van der Waals surface area contributed by atoms with Crippen molar-refractivity contribution in [3.63, 3.8) is 0 Å². The fourth-order valence-electron chi connectivity index (χ4n) is 3.97. The van der Waals surface area contributed by atoms with E-state index in [1.807, 2.05) is 39.0 Å². The maximum atomic E-state index is 14.2. The number of alkyl halides is 2. The molecule has 1 atom stereocenters. The predicted molar refractivity (Wildman–Crippen MR) is 166 cm³/mol. The van der Waals surface area contributed by atoms with Gasteiger partial charge in [-0.1, -0.05) is 106 Å². The van der Waals surface area contributed by atoms with Crippen molar-refractivity contribution in [2.24, 2.45) is 10.9 Å². The summed E-state index contributed by atoms with van der Waals surface area (Å²) in [4.78, 5) is 4.31. The molecule has 1 aromatic rings. The van der Waals surface area contributed by atoms with Gasteiger partial charge >= 0.3 is 0 Å². The fraction of sp³-hybridized carbons (Fsp3) is 0.441. The number of hydrogen-bond donors (Lipinski definition) is 0. The average molecular weight is 544 g/mol. The highest BCUT2D eigenvalue weighted by molar-refractivity contribution is 6.30. The summed E-state index contributed by atoms with van der Waals surface area (Å²) >= 11 is 6.02. The molecule has 0 saturated carbocycles. The third kappa shape index (κ3) is 13.9. The lowest BCUT2D eigenvalue weighted by Gasteiger charge is -2.17. The zero-order valence-electron chi connectivity index (χ0n) is 25.0. The number of nitrogens with zero attached hydrogens (tertiary/aromatic N) is 1. The molecule has 38 heavy (non-hydrogen) atoms. The van der Waals surface area contributed by atoms with Crippen LogP contribution < -0.4 is 0 Å². The Labute approximate surface area is 236 Å². The van der Waals surface area contributed by atoms with Gasteiger partial charge in [-0.25, -0.2) is 8.78 Å². The van der Waals surface area contributed by atoms with E-state index >= 15 is 0 Å². The molecule has 0 amide bonds. The van der Waals surface area contributed by atoms with Gasteiger partial charge in [-0.15, -0.1) is 0 Å². The number of hydrogen-bond acceptors (Lipinski definition) is 1. The molecule has 1 unspecified atom stereocenters. The molecule has 0 bridgehead atoms. The molecular weight excluding hydrogens is 496 g/mol. The van der Waals surface area contributed by atoms with Gasteiger partial charge in [-0.2, -0.15) is 0 Å². The van der Waals surface area contributed by atoms with Crippen molar-refractivity contribution >= 4 is 17.3 Å². The van der Waals surface area contributed by atoms with E-state index in [0.717, 1.165) is 18.4 Å². The topological polar surface area (TPSA) is 12.4 Å². The molecule has 1 rings (SSSR count). The van der Waals surface area contributed by atoms with Gasteiger partial charge in [0.1, 0.15) is 0 Å². The standard InChI is InChI=1S/C21H28ClF2N.C13H20/c1-9-11-12-15(5)18(10-2)13-19(21(8,23)24)17(7)25-20(14(3)4)16(6)22;1-3-8-12(4-2)11-13-9-6-5-7-10-13/h9-13H,3H2,1-2,4-8H3;5-7,9-10,12H,3-4,8,11H2,1-2H3/b11-9-,15-12+,18-10+,19-13+,20-16+,25-17+;. The molecule has 0 fully saturated rings. The minimum atomic E-state index is -3.04. The summed E-state index contributed by atoms with van der Waals surface area (Å²) in [7, 11) is 0. The van der Waals surface area contributed by atoms with Crippen LogP contribution in [-0.4, -0.2) is 11.6 Å². The van der Waals surface area contributed by atoms with Crippen LogP contribution in [0, 0.1) is 5.92 Å². The molecule has 1 nitrogen and oxygen atoms in total. The van der Waals surface area contributed by atoms with Crippen LogP contribution in [0.1, 0.15) is 87.1 Å². The molecule has 0 aliphatic carbocycles. The summed E-state index contributed by atoms with van der Waals surface area (Å²) in [6.45, 7) is 19.8. The number of allylic oxidation sites excluding steroid dienone is 10. The molecule has 0 spiro atoms. The lowest BCUT2D eigenvalue weighted by molar-refractivity contribution is 0.0700. The highest BCUT2D eigenvalue weighted by atomic mass is 35.5. The van der Waals surface area contributed by atoms with Crippen molar-refractivity contribution < 1.29 is 8.78 Å². The quantitative estimate of drug-likeness (QED) is 0.183. The van der Waals surface area contributed by atoms with Gasteiger partial charge in [0.05, 0.1) is 5.70 Å². The van der Waals surface area contributed by atoms with Gasteiger partial charge < -0.3 is 0 Å². The molecule has 0 aliphatic heterocycles. The molecule has 4 heteroatoms. The molecule has 0 aromatic heterocycles. The zero-order valence-corrected chi connectivity index (χ0v) is 25.7. The molecule has 0 N–H and O–H groups in total. The van der Waals surface area contributed by atoms with Crippen molar-refractivity contribution in [2.75, 3.05) is 0 Å².